The molecule has 2 spiro atoms. The van der Waals surface area contributed by atoms with Gasteiger partial charge in [-0.25, -0.2) is 0 Å². The van der Waals surface area contributed by atoms with Gasteiger partial charge in [-0.3, -0.25) is 9.59 Å². The molecule has 2 aromatic carbocycles. The minimum Gasteiger partial charge on any atom is -0.344 e. The predicted molar refractivity (Wildman–Crippen MR) is 123 cm³/mol. The van der Waals surface area contributed by atoms with E-state index >= 15 is 0 Å². The summed E-state index contributed by atoms with van der Waals surface area (Å²) in [5, 5.41) is 4.07. The molecule has 3 unspecified atom stereocenters. The summed E-state index contributed by atoms with van der Waals surface area (Å²) >= 11 is 12.5. The topological polar surface area (TPSA) is 64.6 Å². The lowest BCUT2D eigenvalue weighted by molar-refractivity contribution is -0.199. The van der Waals surface area contributed by atoms with E-state index in [0.29, 0.717) is 41.3 Å². The number of nitrogens with one attached hydrogen (secondary N) is 1. The molecule has 168 valence electrons. The molecule has 5 rings (SSSR count). The van der Waals surface area contributed by atoms with Crippen LogP contribution in [0.25, 0.3) is 11.1 Å². The van der Waals surface area contributed by atoms with Gasteiger partial charge in [-0.1, -0.05) is 41.4 Å². The zero-order chi connectivity index (χ0) is 22.7. The van der Waals surface area contributed by atoms with Gasteiger partial charge in [0.2, 0.25) is 5.91 Å². The number of halogens is 2. The highest BCUT2D eigenvalue weighted by molar-refractivity contribution is 6.33. The third kappa shape index (κ3) is 3.56. The van der Waals surface area contributed by atoms with Gasteiger partial charge in [0, 0.05) is 22.9 Å². The van der Waals surface area contributed by atoms with Gasteiger partial charge in [-0.2, -0.15) is 0 Å². The summed E-state index contributed by atoms with van der Waals surface area (Å²) in [4.78, 5) is 26.7. The maximum atomic E-state index is 13.6. The molecular weight excluding hydrogens is 449 g/mol. The molecule has 3 fully saturated rings. The standard InChI is InChI=1S/C25H25Cl2NO4/c1-14-15(2)32-25(31-14)11-9-24(10-12-25)22(29)21(23(30)28-24)19-13-17(5-8-20(19)27)16-3-6-18(26)7-4-16/h3-8,13-15,21H,9-12H2,1-2H3,(H,28,30). The second-order valence-electron chi connectivity index (χ2n) is 9.17. The highest BCUT2D eigenvalue weighted by Gasteiger charge is 2.58. The molecule has 3 atom stereocenters. The van der Waals surface area contributed by atoms with Crippen molar-refractivity contribution in [2.45, 2.75) is 69.0 Å². The zero-order valence-electron chi connectivity index (χ0n) is 18.0. The SMILES string of the molecule is CC1OC2(CCC3(CC2)NC(=O)C(c2cc(-c4ccc(Cl)cc4)ccc2Cl)C3=O)OC1C. The van der Waals surface area contributed by atoms with Gasteiger partial charge in [0.25, 0.3) is 0 Å². The maximum absolute atomic E-state index is 13.6. The van der Waals surface area contributed by atoms with E-state index in [9.17, 15) is 9.59 Å². The summed E-state index contributed by atoms with van der Waals surface area (Å²) in [7, 11) is 0. The molecule has 1 N–H and O–H groups in total. The van der Waals surface area contributed by atoms with Gasteiger partial charge in [-0.15, -0.1) is 0 Å². The fraction of sp³-hybridized carbons (Fsp3) is 0.440. The number of hydrogen-bond acceptors (Lipinski definition) is 4. The first kappa shape index (κ1) is 21.9. The third-order valence-corrected chi connectivity index (χ3v) is 7.77. The van der Waals surface area contributed by atoms with Crippen molar-refractivity contribution < 1.29 is 19.1 Å². The molecular formula is C25H25Cl2NO4. The van der Waals surface area contributed by atoms with E-state index < -0.39 is 17.2 Å². The average Bonchev–Trinajstić information content (AvgIpc) is 3.18. The van der Waals surface area contributed by atoms with E-state index in [1.165, 1.54) is 0 Å². The fourth-order valence-electron chi connectivity index (χ4n) is 5.20. The molecule has 7 heteroatoms. The Labute approximate surface area is 197 Å². The van der Waals surface area contributed by atoms with Crippen molar-refractivity contribution in [3.8, 4) is 11.1 Å². The zero-order valence-corrected chi connectivity index (χ0v) is 19.5. The fourth-order valence-corrected chi connectivity index (χ4v) is 5.55. The molecule has 1 aliphatic carbocycles. The van der Waals surface area contributed by atoms with Gasteiger partial charge in [0.15, 0.2) is 11.6 Å². The largest absolute Gasteiger partial charge is 0.344 e. The van der Waals surface area contributed by atoms with E-state index in [1.807, 2.05) is 38.1 Å². The molecule has 2 aliphatic heterocycles. The maximum Gasteiger partial charge on any atom is 0.236 e. The van der Waals surface area contributed by atoms with Gasteiger partial charge in [0.05, 0.1) is 12.2 Å². The first-order valence-electron chi connectivity index (χ1n) is 11.0. The van der Waals surface area contributed by atoms with E-state index in [-0.39, 0.29) is 23.9 Å². The third-order valence-electron chi connectivity index (χ3n) is 7.17. The molecule has 2 aromatic rings. The normalized spacial score (nSPS) is 34.4. The Morgan fingerprint density at radius 2 is 1.47 bits per heavy atom. The van der Waals surface area contributed by atoms with Crippen LogP contribution in [0.5, 0.6) is 0 Å². The van der Waals surface area contributed by atoms with Gasteiger partial charge < -0.3 is 14.8 Å². The van der Waals surface area contributed by atoms with Crippen molar-refractivity contribution in [3.63, 3.8) is 0 Å². The number of Topliss-reactive ketones (excluding diaryl/α,β-unsaturated/α-hetero) is 1. The first-order valence-corrected chi connectivity index (χ1v) is 11.7. The smallest absolute Gasteiger partial charge is 0.236 e. The van der Waals surface area contributed by atoms with Crippen molar-refractivity contribution in [2.75, 3.05) is 0 Å². The summed E-state index contributed by atoms with van der Waals surface area (Å²) in [5.74, 6) is -1.99. The van der Waals surface area contributed by atoms with Crippen molar-refractivity contribution in [2.24, 2.45) is 0 Å². The molecule has 3 aliphatic rings. The van der Waals surface area contributed by atoms with Crippen molar-refractivity contribution >= 4 is 34.9 Å². The Hall–Kier alpha value is -1.92. The second kappa shape index (κ2) is 7.84. The Balaban J connectivity index is 1.41. The molecule has 5 nitrogen and oxygen atoms in total. The first-order chi connectivity index (χ1) is 15.2. The number of ether oxygens (including phenoxy) is 2. The number of carbonyl (C=O) groups excluding carboxylic acids is 2. The Morgan fingerprint density at radius 1 is 0.875 bits per heavy atom. The van der Waals surface area contributed by atoms with Crippen LogP contribution in [0.2, 0.25) is 10.0 Å². The lowest BCUT2D eigenvalue weighted by Crippen LogP contribution is -2.53. The summed E-state index contributed by atoms with van der Waals surface area (Å²) in [5.41, 5.74) is 1.45. The van der Waals surface area contributed by atoms with Gasteiger partial charge in [-0.05, 0) is 67.6 Å². The van der Waals surface area contributed by atoms with E-state index in [2.05, 4.69) is 5.32 Å². The average molecular weight is 474 g/mol. The molecule has 2 saturated heterocycles. The minimum atomic E-state index is -0.924. The van der Waals surface area contributed by atoms with Crippen LogP contribution in [0.15, 0.2) is 42.5 Å². The quantitative estimate of drug-likeness (QED) is 0.602. The lowest BCUT2D eigenvalue weighted by atomic mass is 9.74. The molecule has 1 saturated carbocycles. The van der Waals surface area contributed by atoms with Crippen LogP contribution in [0.1, 0.15) is 51.0 Å². The molecule has 0 aromatic heterocycles. The molecule has 2 heterocycles. The van der Waals surface area contributed by atoms with Crippen molar-refractivity contribution in [1.29, 1.82) is 0 Å². The van der Waals surface area contributed by atoms with Crippen LogP contribution >= 0.6 is 23.2 Å². The highest BCUT2D eigenvalue weighted by Crippen LogP contribution is 2.48. The van der Waals surface area contributed by atoms with Crippen molar-refractivity contribution in [3.05, 3.63) is 58.1 Å². The van der Waals surface area contributed by atoms with Crippen molar-refractivity contribution in [1.82, 2.24) is 5.32 Å². The summed E-state index contributed by atoms with van der Waals surface area (Å²) < 4.78 is 12.2. The summed E-state index contributed by atoms with van der Waals surface area (Å²) in [6, 6.07) is 12.9. The molecule has 0 radical (unpaired) electrons. The number of amides is 1. The van der Waals surface area contributed by atoms with E-state index in [4.69, 9.17) is 32.7 Å². The van der Waals surface area contributed by atoms with Gasteiger partial charge >= 0.3 is 0 Å². The monoisotopic (exact) mass is 473 g/mol. The number of rotatable bonds is 2. The second-order valence-corrected chi connectivity index (χ2v) is 10.0. The Kier molecular flexibility index (Phi) is 5.37. The summed E-state index contributed by atoms with van der Waals surface area (Å²) in [6.07, 6.45) is 2.14. The summed E-state index contributed by atoms with van der Waals surface area (Å²) in [6.45, 7) is 4.00. The minimum absolute atomic E-state index is 0.0140. The van der Waals surface area contributed by atoms with Crippen LogP contribution in [0.3, 0.4) is 0 Å². The Bertz CT molecular complexity index is 1060. The van der Waals surface area contributed by atoms with Crippen LogP contribution in [0.4, 0.5) is 0 Å². The number of ketones is 1. The number of benzene rings is 2. The van der Waals surface area contributed by atoms with E-state index in [0.717, 1.165) is 11.1 Å². The van der Waals surface area contributed by atoms with Gasteiger partial charge in [0.1, 0.15) is 11.5 Å². The van der Waals surface area contributed by atoms with Crippen LogP contribution in [-0.2, 0) is 19.1 Å². The van der Waals surface area contributed by atoms with Crippen LogP contribution in [-0.4, -0.2) is 35.2 Å². The number of carbonyl (C=O) groups is 2. The van der Waals surface area contributed by atoms with E-state index in [1.54, 1.807) is 18.2 Å². The molecule has 1 amide bonds. The predicted octanol–water partition coefficient (Wildman–Crippen LogP) is 5.28. The number of hydrogen-bond donors (Lipinski definition) is 1. The highest BCUT2D eigenvalue weighted by atomic mass is 35.5. The molecule has 0 bridgehead atoms. The lowest BCUT2D eigenvalue weighted by Gasteiger charge is -2.40. The van der Waals surface area contributed by atoms with Crippen LogP contribution in [0, 0.1) is 0 Å². The Morgan fingerprint density at radius 3 is 2.09 bits per heavy atom. The van der Waals surface area contributed by atoms with Crippen LogP contribution < -0.4 is 5.32 Å². The molecule has 32 heavy (non-hydrogen) atoms.